The van der Waals surface area contributed by atoms with E-state index in [4.69, 9.17) is 16.6 Å². The molecule has 10 N–H and O–H groups in total. The smallest absolute Gasteiger partial charge is 0.328 e. The number of benzene rings is 1. The highest BCUT2D eigenvalue weighted by molar-refractivity contribution is 5.93. The number of nitrogens with two attached hydrogens (primary N) is 2. The highest BCUT2D eigenvalue weighted by Gasteiger charge is 2.29. The summed E-state index contributed by atoms with van der Waals surface area (Å²) in [5.74, 6) is -3.47. The molecule has 1 aromatic carbocycles. The Bertz CT molecular complexity index is 772. The van der Waals surface area contributed by atoms with E-state index < -0.39 is 48.4 Å². The number of hydrogen-bond donors (Lipinski definition) is 8. The highest BCUT2D eigenvalue weighted by Crippen LogP contribution is 2.12. The average Bonchev–Trinajstić information content (AvgIpc) is 2.77. The minimum Gasteiger partial charge on any atom is -0.508 e. The quantitative estimate of drug-likeness (QED) is 0.140. The molecule has 12 heteroatoms. The van der Waals surface area contributed by atoms with Crippen LogP contribution in [0.1, 0.15) is 24.8 Å². The first-order valence-corrected chi connectivity index (χ1v) is 10.1. The highest BCUT2D eigenvalue weighted by atomic mass is 16.4. The number of hydrogen-bond acceptors (Lipinski definition) is 8. The van der Waals surface area contributed by atoms with Crippen molar-refractivity contribution in [2.24, 2.45) is 11.5 Å². The SMILES string of the molecule is NCCCCC(NC(=O)CN)C(=O)NC(Cc1ccc(O)cc1)C(=O)NC(CO)C(=O)O. The van der Waals surface area contributed by atoms with E-state index >= 15 is 0 Å². The summed E-state index contributed by atoms with van der Waals surface area (Å²) in [5.41, 5.74) is 11.4. The van der Waals surface area contributed by atoms with E-state index in [1.54, 1.807) is 0 Å². The van der Waals surface area contributed by atoms with Crippen LogP contribution >= 0.6 is 0 Å². The van der Waals surface area contributed by atoms with Crippen molar-refractivity contribution in [3.8, 4) is 5.75 Å². The van der Waals surface area contributed by atoms with E-state index in [-0.39, 0.29) is 25.1 Å². The van der Waals surface area contributed by atoms with Crippen LogP contribution in [-0.2, 0) is 25.6 Å². The maximum atomic E-state index is 12.9. The third-order valence-electron chi connectivity index (χ3n) is 4.59. The second-order valence-corrected chi connectivity index (χ2v) is 7.12. The zero-order valence-electron chi connectivity index (χ0n) is 17.6. The van der Waals surface area contributed by atoms with Gasteiger partial charge < -0.3 is 42.7 Å². The van der Waals surface area contributed by atoms with Gasteiger partial charge in [0.15, 0.2) is 0 Å². The number of nitrogens with one attached hydrogen (secondary N) is 3. The lowest BCUT2D eigenvalue weighted by molar-refractivity contribution is -0.143. The molecule has 3 unspecified atom stereocenters. The van der Waals surface area contributed by atoms with Crippen molar-refractivity contribution < 1.29 is 34.5 Å². The van der Waals surface area contributed by atoms with E-state index in [0.717, 1.165) is 0 Å². The van der Waals surface area contributed by atoms with Crippen molar-refractivity contribution >= 4 is 23.7 Å². The van der Waals surface area contributed by atoms with Gasteiger partial charge in [0.2, 0.25) is 17.7 Å². The van der Waals surface area contributed by atoms with Crippen molar-refractivity contribution in [2.75, 3.05) is 19.7 Å². The Morgan fingerprint density at radius 2 is 1.47 bits per heavy atom. The molecule has 178 valence electrons. The summed E-state index contributed by atoms with van der Waals surface area (Å²) in [6.07, 6.45) is 1.39. The van der Waals surface area contributed by atoms with Crippen molar-refractivity contribution in [3.05, 3.63) is 29.8 Å². The number of aliphatic hydroxyl groups is 1. The van der Waals surface area contributed by atoms with E-state index in [2.05, 4.69) is 16.0 Å². The molecular weight excluding hydrogens is 422 g/mol. The normalized spacial score (nSPS) is 13.5. The minimum atomic E-state index is -1.56. The molecule has 0 heterocycles. The summed E-state index contributed by atoms with van der Waals surface area (Å²) in [4.78, 5) is 48.4. The van der Waals surface area contributed by atoms with Crippen LogP contribution in [0.3, 0.4) is 0 Å². The van der Waals surface area contributed by atoms with Crippen LogP contribution in [0.15, 0.2) is 24.3 Å². The number of phenols is 1. The number of phenolic OH excluding ortho intramolecular Hbond substituents is 1. The number of aliphatic hydroxyl groups excluding tert-OH is 1. The van der Waals surface area contributed by atoms with Gasteiger partial charge in [0, 0.05) is 6.42 Å². The molecule has 0 aromatic heterocycles. The number of aliphatic carboxylic acids is 1. The molecule has 1 aromatic rings. The summed E-state index contributed by atoms with van der Waals surface area (Å²) >= 11 is 0. The Balaban J connectivity index is 3.04. The predicted octanol–water partition coefficient (Wildman–Crippen LogP) is -2.45. The predicted molar refractivity (Wildman–Crippen MR) is 114 cm³/mol. The second-order valence-electron chi connectivity index (χ2n) is 7.12. The first kappa shape index (κ1) is 26.8. The molecule has 12 nitrogen and oxygen atoms in total. The lowest BCUT2D eigenvalue weighted by Crippen LogP contribution is -2.57. The molecule has 3 atom stereocenters. The van der Waals surface area contributed by atoms with Gasteiger partial charge >= 0.3 is 5.97 Å². The second kappa shape index (κ2) is 14.0. The molecule has 0 saturated carbocycles. The van der Waals surface area contributed by atoms with Gasteiger partial charge in [0.25, 0.3) is 0 Å². The molecule has 0 aliphatic heterocycles. The fourth-order valence-electron chi connectivity index (χ4n) is 2.82. The third kappa shape index (κ3) is 9.29. The Morgan fingerprint density at radius 1 is 0.875 bits per heavy atom. The molecule has 0 fully saturated rings. The lowest BCUT2D eigenvalue weighted by Gasteiger charge is -2.24. The molecule has 3 amide bonds. The van der Waals surface area contributed by atoms with Crippen LogP contribution in [-0.4, -0.2) is 76.8 Å². The largest absolute Gasteiger partial charge is 0.508 e. The van der Waals surface area contributed by atoms with Gasteiger partial charge in [-0.1, -0.05) is 12.1 Å². The zero-order valence-corrected chi connectivity index (χ0v) is 17.6. The maximum absolute atomic E-state index is 12.9. The Kier molecular flexibility index (Phi) is 11.7. The number of carboxylic acid groups (broad SMARTS) is 1. The standard InChI is InChI=1S/C20H31N5O7/c21-8-2-1-3-14(23-17(28)10-22)18(29)24-15(9-12-4-6-13(27)7-5-12)19(30)25-16(11-26)20(31)32/h4-7,14-16,26-27H,1-3,8-11,21-22H2,(H,23,28)(H,24,29)(H,25,30)(H,31,32). The van der Waals surface area contributed by atoms with Crippen LogP contribution < -0.4 is 27.4 Å². The number of unbranched alkanes of at least 4 members (excludes halogenated alkanes) is 1. The molecule has 0 aliphatic rings. The van der Waals surface area contributed by atoms with Gasteiger partial charge in [0.05, 0.1) is 13.2 Å². The molecule has 1 rings (SSSR count). The summed E-state index contributed by atoms with van der Waals surface area (Å²) in [7, 11) is 0. The van der Waals surface area contributed by atoms with E-state index in [1.807, 2.05) is 0 Å². The van der Waals surface area contributed by atoms with Gasteiger partial charge in [-0.2, -0.15) is 0 Å². The number of amides is 3. The van der Waals surface area contributed by atoms with Gasteiger partial charge in [-0.15, -0.1) is 0 Å². The van der Waals surface area contributed by atoms with Gasteiger partial charge in [-0.05, 0) is 43.5 Å². The Labute approximate surface area is 185 Å². The van der Waals surface area contributed by atoms with Crippen LogP contribution in [0, 0.1) is 0 Å². The zero-order chi connectivity index (χ0) is 24.1. The first-order valence-electron chi connectivity index (χ1n) is 10.1. The summed E-state index contributed by atoms with van der Waals surface area (Å²) < 4.78 is 0. The molecule has 0 spiro atoms. The lowest BCUT2D eigenvalue weighted by atomic mass is 10.0. The van der Waals surface area contributed by atoms with Crippen molar-refractivity contribution in [1.29, 1.82) is 0 Å². The molecule has 0 bridgehead atoms. The van der Waals surface area contributed by atoms with Gasteiger partial charge in [-0.3, -0.25) is 14.4 Å². The van der Waals surface area contributed by atoms with Crippen LogP contribution in [0.5, 0.6) is 5.75 Å². The summed E-state index contributed by atoms with van der Waals surface area (Å²) in [5, 5.41) is 34.9. The van der Waals surface area contributed by atoms with E-state index in [1.165, 1.54) is 24.3 Å². The number of rotatable bonds is 14. The van der Waals surface area contributed by atoms with Gasteiger partial charge in [0.1, 0.15) is 23.9 Å². The molecule has 0 aliphatic carbocycles. The van der Waals surface area contributed by atoms with Crippen LogP contribution in [0.2, 0.25) is 0 Å². The maximum Gasteiger partial charge on any atom is 0.328 e. The topological polar surface area (TPSA) is 217 Å². The Morgan fingerprint density at radius 3 is 2.00 bits per heavy atom. The summed E-state index contributed by atoms with van der Waals surface area (Å²) in [6.45, 7) is -0.757. The molecule has 0 radical (unpaired) electrons. The number of carboxylic acids is 1. The molecule has 32 heavy (non-hydrogen) atoms. The summed E-state index contributed by atoms with van der Waals surface area (Å²) in [6, 6.07) is 2.13. The number of aromatic hydroxyl groups is 1. The number of carbonyl (C=O) groups excluding carboxylic acids is 3. The molecular formula is C20H31N5O7. The van der Waals surface area contributed by atoms with Crippen molar-refractivity contribution in [3.63, 3.8) is 0 Å². The molecule has 0 saturated heterocycles. The van der Waals surface area contributed by atoms with E-state index in [9.17, 15) is 29.4 Å². The third-order valence-corrected chi connectivity index (χ3v) is 4.59. The van der Waals surface area contributed by atoms with Crippen molar-refractivity contribution in [2.45, 2.75) is 43.8 Å². The monoisotopic (exact) mass is 453 g/mol. The fourth-order valence-corrected chi connectivity index (χ4v) is 2.82. The fraction of sp³-hybridized carbons (Fsp3) is 0.500. The van der Waals surface area contributed by atoms with Crippen LogP contribution in [0.25, 0.3) is 0 Å². The minimum absolute atomic E-state index is 0.00877. The first-order chi connectivity index (χ1) is 15.2. The van der Waals surface area contributed by atoms with Gasteiger partial charge in [-0.25, -0.2) is 4.79 Å². The van der Waals surface area contributed by atoms with Crippen molar-refractivity contribution in [1.82, 2.24) is 16.0 Å². The van der Waals surface area contributed by atoms with E-state index in [0.29, 0.717) is 24.9 Å². The Hall–Kier alpha value is -3.22. The van der Waals surface area contributed by atoms with Crippen LogP contribution in [0.4, 0.5) is 0 Å². The number of carbonyl (C=O) groups is 4. The average molecular weight is 453 g/mol.